The zero-order chi connectivity index (χ0) is 14.7. The molecular weight excluding hydrogens is 278 g/mol. The molecule has 1 nitrogen and oxygen atoms in total. The van der Waals surface area contributed by atoms with Crippen LogP contribution >= 0.6 is 11.6 Å². The summed E-state index contributed by atoms with van der Waals surface area (Å²) in [5.41, 5.74) is 3.72. The summed E-state index contributed by atoms with van der Waals surface area (Å²) in [6.07, 6.45) is 5.12. The molecule has 0 radical (unpaired) electrons. The van der Waals surface area contributed by atoms with Crippen molar-refractivity contribution in [3.8, 4) is 0 Å². The Kier molecular flexibility index (Phi) is 4.50. The highest BCUT2D eigenvalue weighted by molar-refractivity contribution is 6.31. The van der Waals surface area contributed by atoms with Crippen molar-refractivity contribution < 1.29 is 0 Å². The number of halogens is 1. The zero-order valence-corrected chi connectivity index (χ0v) is 13.2. The van der Waals surface area contributed by atoms with E-state index in [9.17, 15) is 0 Å². The van der Waals surface area contributed by atoms with Crippen LogP contribution in [-0.2, 0) is 0 Å². The second-order valence-electron chi connectivity index (χ2n) is 6.02. The van der Waals surface area contributed by atoms with Crippen molar-refractivity contribution in [1.29, 1.82) is 0 Å². The van der Waals surface area contributed by atoms with Crippen LogP contribution in [0.25, 0.3) is 0 Å². The van der Waals surface area contributed by atoms with Gasteiger partial charge in [-0.3, -0.25) is 0 Å². The largest absolute Gasteiger partial charge is 0.382 e. The highest BCUT2D eigenvalue weighted by Gasteiger charge is 2.26. The maximum atomic E-state index is 6.24. The summed E-state index contributed by atoms with van der Waals surface area (Å²) in [7, 11) is 0. The van der Waals surface area contributed by atoms with Crippen molar-refractivity contribution in [1.82, 2.24) is 0 Å². The molecule has 3 rings (SSSR count). The molecule has 2 unspecified atom stereocenters. The smallest absolute Gasteiger partial charge is 0.0455 e. The molecule has 2 aromatic rings. The SMILES string of the molecule is Cc1ccc(NC2CCCCC2c2ccccc2)cc1Cl. The molecule has 2 aromatic carbocycles. The molecule has 1 aliphatic carbocycles. The van der Waals surface area contributed by atoms with E-state index in [-0.39, 0.29) is 0 Å². The van der Waals surface area contributed by atoms with Crippen LogP contribution < -0.4 is 5.32 Å². The highest BCUT2D eigenvalue weighted by Crippen LogP contribution is 2.35. The molecule has 2 heteroatoms. The van der Waals surface area contributed by atoms with Gasteiger partial charge in [-0.15, -0.1) is 0 Å². The van der Waals surface area contributed by atoms with Gasteiger partial charge < -0.3 is 5.32 Å². The Balaban J connectivity index is 1.79. The van der Waals surface area contributed by atoms with Gasteiger partial charge in [-0.25, -0.2) is 0 Å². The molecule has 21 heavy (non-hydrogen) atoms. The van der Waals surface area contributed by atoms with E-state index in [0.717, 1.165) is 16.3 Å². The predicted octanol–water partition coefficient (Wildman–Crippen LogP) is 5.79. The molecule has 110 valence electrons. The number of anilines is 1. The summed E-state index contributed by atoms with van der Waals surface area (Å²) in [4.78, 5) is 0. The van der Waals surface area contributed by atoms with Crippen LogP contribution in [0.4, 0.5) is 5.69 Å². The molecule has 0 aromatic heterocycles. The van der Waals surface area contributed by atoms with E-state index in [1.807, 2.05) is 13.0 Å². The first-order valence-electron chi connectivity index (χ1n) is 7.81. The van der Waals surface area contributed by atoms with Gasteiger partial charge in [0.05, 0.1) is 0 Å². The average Bonchev–Trinajstić information content (AvgIpc) is 2.52. The van der Waals surface area contributed by atoms with Gasteiger partial charge in [-0.1, -0.05) is 60.8 Å². The highest BCUT2D eigenvalue weighted by atomic mass is 35.5. The van der Waals surface area contributed by atoms with E-state index < -0.39 is 0 Å². The summed E-state index contributed by atoms with van der Waals surface area (Å²) in [6.45, 7) is 2.04. The van der Waals surface area contributed by atoms with Crippen LogP contribution in [0, 0.1) is 6.92 Å². The summed E-state index contributed by atoms with van der Waals surface area (Å²) >= 11 is 6.24. The Labute approximate surface area is 132 Å². The van der Waals surface area contributed by atoms with Crippen LogP contribution in [0.3, 0.4) is 0 Å². The van der Waals surface area contributed by atoms with Crippen LogP contribution in [0.5, 0.6) is 0 Å². The summed E-state index contributed by atoms with van der Waals surface area (Å²) in [5, 5.41) is 4.55. The Morgan fingerprint density at radius 3 is 2.52 bits per heavy atom. The number of benzene rings is 2. The van der Waals surface area contributed by atoms with Gasteiger partial charge in [-0.2, -0.15) is 0 Å². The minimum Gasteiger partial charge on any atom is -0.382 e. The minimum absolute atomic E-state index is 0.500. The summed E-state index contributed by atoms with van der Waals surface area (Å²) < 4.78 is 0. The molecule has 1 saturated carbocycles. The topological polar surface area (TPSA) is 12.0 Å². The first-order valence-corrected chi connectivity index (χ1v) is 8.19. The maximum absolute atomic E-state index is 6.24. The first-order chi connectivity index (χ1) is 10.2. The Hall–Kier alpha value is -1.47. The first kappa shape index (κ1) is 14.5. The Morgan fingerprint density at radius 2 is 1.76 bits per heavy atom. The molecule has 0 saturated heterocycles. The van der Waals surface area contributed by atoms with Gasteiger partial charge in [0, 0.05) is 22.7 Å². The third-order valence-corrected chi connectivity index (χ3v) is 4.92. The molecule has 2 atom stereocenters. The zero-order valence-electron chi connectivity index (χ0n) is 12.5. The fourth-order valence-electron chi connectivity index (χ4n) is 3.30. The van der Waals surface area contributed by atoms with Crippen molar-refractivity contribution in [2.24, 2.45) is 0 Å². The van der Waals surface area contributed by atoms with Crippen molar-refractivity contribution in [3.05, 3.63) is 64.7 Å². The van der Waals surface area contributed by atoms with Gasteiger partial charge in [-0.05, 0) is 43.0 Å². The van der Waals surface area contributed by atoms with Crippen LogP contribution in [0.1, 0.15) is 42.7 Å². The molecule has 0 aliphatic heterocycles. The van der Waals surface area contributed by atoms with Gasteiger partial charge >= 0.3 is 0 Å². The number of rotatable bonds is 3. The van der Waals surface area contributed by atoms with Gasteiger partial charge in [0.25, 0.3) is 0 Å². The normalized spacial score (nSPS) is 22.0. The van der Waals surface area contributed by atoms with Crippen molar-refractivity contribution >= 4 is 17.3 Å². The van der Waals surface area contributed by atoms with Crippen molar-refractivity contribution in [2.75, 3.05) is 5.32 Å². The number of hydrogen-bond acceptors (Lipinski definition) is 1. The van der Waals surface area contributed by atoms with E-state index in [1.165, 1.54) is 31.2 Å². The fourth-order valence-corrected chi connectivity index (χ4v) is 3.48. The van der Waals surface area contributed by atoms with Crippen LogP contribution in [-0.4, -0.2) is 6.04 Å². The standard InChI is InChI=1S/C19H22ClN/c1-14-11-12-16(13-18(14)20)21-19-10-6-5-9-17(19)15-7-3-2-4-8-15/h2-4,7-8,11-13,17,19,21H,5-6,9-10H2,1H3. The van der Waals surface area contributed by atoms with Gasteiger partial charge in [0.2, 0.25) is 0 Å². The molecule has 0 heterocycles. The van der Waals surface area contributed by atoms with Gasteiger partial charge in [0.1, 0.15) is 0 Å². The molecule has 0 bridgehead atoms. The van der Waals surface area contributed by atoms with Crippen molar-refractivity contribution in [3.63, 3.8) is 0 Å². The second kappa shape index (κ2) is 6.53. The van der Waals surface area contributed by atoms with Crippen LogP contribution in [0.15, 0.2) is 48.5 Å². The molecule has 1 aliphatic rings. The monoisotopic (exact) mass is 299 g/mol. The lowest BCUT2D eigenvalue weighted by Gasteiger charge is -2.33. The molecular formula is C19H22ClN. The Morgan fingerprint density at radius 1 is 1.00 bits per heavy atom. The van der Waals surface area contributed by atoms with E-state index in [1.54, 1.807) is 0 Å². The summed E-state index contributed by atoms with van der Waals surface area (Å²) in [6, 6.07) is 17.7. The minimum atomic E-state index is 0.500. The van der Waals surface area contributed by atoms with E-state index in [4.69, 9.17) is 11.6 Å². The summed E-state index contributed by atoms with van der Waals surface area (Å²) in [5.74, 6) is 0.597. The lowest BCUT2D eigenvalue weighted by atomic mass is 9.80. The number of hydrogen-bond donors (Lipinski definition) is 1. The molecule has 1 N–H and O–H groups in total. The van der Waals surface area contributed by atoms with E-state index in [0.29, 0.717) is 12.0 Å². The van der Waals surface area contributed by atoms with Gasteiger partial charge in [0.15, 0.2) is 0 Å². The maximum Gasteiger partial charge on any atom is 0.0455 e. The molecule has 0 spiro atoms. The lowest BCUT2D eigenvalue weighted by molar-refractivity contribution is 0.405. The van der Waals surface area contributed by atoms with E-state index in [2.05, 4.69) is 47.8 Å². The number of aryl methyl sites for hydroxylation is 1. The van der Waals surface area contributed by atoms with Crippen LogP contribution in [0.2, 0.25) is 5.02 Å². The fraction of sp³-hybridized carbons (Fsp3) is 0.368. The second-order valence-corrected chi connectivity index (χ2v) is 6.42. The molecule has 1 fully saturated rings. The third-order valence-electron chi connectivity index (χ3n) is 4.52. The average molecular weight is 300 g/mol. The van der Waals surface area contributed by atoms with E-state index >= 15 is 0 Å². The molecule has 0 amide bonds. The third kappa shape index (κ3) is 3.41. The predicted molar refractivity (Wildman–Crippen MR) is 91.3 cm³/mol. The van der Waals surface area contributed by atoms with Crippen molar-refractivity contribution in [2.45, 2.75) is 44.6 Å². The number of nitrogens with one attached hydrogen (secondary N) is 1. The quantitative estimate of drug-likeness (QED) is 0.756. The Bertz CT molecular complexity index is 594. The lowest BCUT2D eigenvalue weighted by Crippen LogP contribution is -2.30.